The van der Waals surface area contributed by atoms with E-state index in [2.05, 4.69) is 11.0 Å². The van der Waals surface area contributed by atoms with Crippen LogP contribution in [0.25, 0.3) is 0 Å². The summed E-state index contributed by atoms with van der Waals surface area (Å²) in [5, 5.41) is 0. The summed E-state index contributed by atoms with van der Waals surface area (Å²) in [5.41, 5.74) is 0.237. The highest BCUT2D eigenvalue weighted by atomic mass is 32.2. The zero-order valence-corrected chi connectivity index (χ0v) is 15.6. The van der Waals surface area contributed by atoms with Crippen molar-refractivity contribution in [3.63, 3.8) is 0 Å². The van der Waals surface area contributed by atoms with E-state index >= 15 is 0 Å². The molecule has 2 saturated heterocycles. The molecular weight excluding hydrogens is 324 g/mol. The van der Waals surface area contributed by atoms with Crippen LogP contribution in [0.2, 0.25) is 0 Å². The molecule has 0 saturated carbocycles. The Morgan fingerprint density at radius 1 is 1.29 bits per heavy atom. The molecule has 0 radical (unpaired) electrons. The molecule has 3 heterocycles. The number of hydrogen-bond donors (Lipinski definition) is 0. The maximum Gasteiger partial charge on any atom is 0.222 e. The summed E-state index contributed by atoms with van der Waals surface area (Å²) in [5.74, 6) is 4.14. The lowest BCUT2D eigenvalue weighted by atomic mass is 9.79. The number of amides is 1. The maximum atomic E-state index is 12.2. The van der Waals surface area contributed by atoms with Gasteiger partial charge in [-0.15, -0.1) is 0 Å². The van der Waals surface area contributed by atoms with Crippen LogP contribution in [-0.2, 0) is 21.8 Å². The zero-order chi connectivity index (χ0) is 17.0. The fraction of sp³-hybridized carbons (Fsp3) is 0.722. The van der Waals surface area contributed by atoms with E-state index in [1.807, 2.05) is 36.8 Å². The van der Waals surface area contributed by atoms with Crippen molar-refractivity contribution in [3.8, 4) is 0 Å². The highest BCUT2D eigenvalue weighted by Crippen LogP contribution is 2.38. The number of hydrogen-bond acceptors (Lipinski definition) is 5. The Morgan fingerprint density at radius 3 is 2.88 bits per heavy atom. The van der Waals surface area contributed by atoms with Gasteiger partial charge < -0.3 is 19.0 Å². The van der Waals surface area contributed by atoms with E-state index in [0.29, 0.717) is 12.3 Å². The van der Waals surface area contributed by atoms with E-state index in [4.69, 9.17) is 9.15 Å². The van der Waals surface area contributed by atoms with E-state index in [1.54, 1.807) is 0 Å². The quantitative estimate of drug-likeness (QED) is 0.706. The van der Waals surface area contributed by atoms with Gasteiger partial charge in [0.05, 0.1) is 18.9 Å². The van der Waals surface area contributed by atoms with Crippen molar-refractivity contribution in [1.29, 1.82) is 0 Å². The third-order valence-corrected chi connectivity index (χ3v) is 5.83. The van der Waals surface area contributed by atoms with Crippen molar-refractivity contribution in [2.75, 3.05) is 46.2 Å². The molecule has 6 heteroatoms. The minimum absolute atomic E-state index is 0.237. The molecule has 0 unspecified atom stereocenters. The smallest absolute Gasteiger partial charge is 0.222 e. The van der Waals surface area contributed by atoms with Crippen molar-refractivity contribution in [2.45, 2.75) is 31.6 Å². The van der Waals surface area contributed by atoms with Crippen LogP contribution in [0.3, 0.4) is 0 Å². The minimum atomic E-state index is 0.237. The number of piperidine rings is 1. The Labute approximate surface area is 148 Å². The van der Waals surface area contributed by atoms with Crippen LogP contribution in [0.15, 0.2) is 16.5 Å². The molecule has 2 fully saturated rings. The van der Waals surface area contributed by atoms with Crippen LogP contribution >= 0.6 is 11.8 Å². The van der Waals surface area contributed by atoms with Crippen molar-refractivity contribution in [1.82, 2.24) is 9.80 Å². The molecule has 134 valence electrons. The number of carbonyl (C=O) groups excluding carboxylic acids is 1. The second-order valence-corrected chi connectivity index (χ2v) is 8.38. The van der Waals surface area contributed by atoms with Gasteiger partial charge in [0.15, 0.2) is 0 Å². The number of rotatable bonds is 7. The fourth-order valence-corrected chi connectivity index (χ4v) is 4.37. The normalized spacial score (nSPS) is 24.5. The monoisotopic (exact) mass is 352 g/mol. The van der Waals surface area contributed by atoms with Crippen molar-refractivity contribution < 1.29 is 13.9 Å². The second kappa shape index (κ2) is 7.93. The van der Waals surface area contributed by atoms with Gasteiger partial charge in [-0.05, 0) is 39.1 Å². The number of nitrogens with zero attached hydrogens (tertiary/aromatic N) is 2. The Hall–Kier alpha value is -0.980. The molecule has 0 N–H and O–H groups in total. The third-order valence-electron chi connectivity index (χ3n) is 4.87. The maximum absolute atomic E-state index is 12.2. The van der Waals surface area contributed by atoms with E-state index in [9.17, 15) is 4.79 Å². The first-order valence-corrected chi connectivity index (χ1v) is 9.87. The lowest BCUT2D eigenvalue weighted by molar-refractivity contribution is -0.137. The van der Waals surface area contributed by atoms with Crippen molar-refractivity contribution in [2.24, 2.45) is 5.41 Å². The van der Waals surface area contributed by atoms with Crippen molar-refractivity contribution >= 4 is 17.7 Å². The molecule has 1 aromatic rings. The summed E-state index contributed by atoms with van der Waals surface area (Å²) >= 11 is 1.83. The van der Waals surface area contributed by atoms with Gasteiger partial charge in [-0.3, -0.25) is 4.79 Å². The van der Waals surface area contributed by atoms with Gasteiger partial charge in [0.25, 0.3) is 0 Å². The van der Waals surface area contributed by atoms with Gasteiger partial charge in [0, 0.05) is 37.3 Å². The number of likely N-dealkylation sites (tertiary alicyclic amines) is 1. The van der Waals surface area contributed by atoms with Crippen LogP contribution in [0.1, 0.15) is 30.8 Å². The summed E-state index contributed by atoms with van der Waals surface area (Å²) in [6.45, 7) is 4.21. The standard InChI is InChI=1S/C18H28N2O3S/c1-19(2)11-15-3-4-16(23-15)12-24-10-8-20-13-18(6-5-17(20)21)7-9-22-14-18/h3-4H,5-14H2,1-2H3/t18-/m1/s1. The summed E-state index contributed by atoms with van der Waals surface area (Å²) < 4.78 is 11.4. The average Bonchev–Trinajstić information content (AvgIpc) is 3.17. The van der Waals surface area contributed by atoms with E-state index in [0.717, 1.165) is 68.7 Å². The third kappa shape index (κ3) is 4.55. The highest BCUT2D eigenvalue weighted by molar-refractivity contribution is 7.98. The van der Waals surface area contributed by atoms with E-state index in [-0.39, 0.29) is 5.41 Å². The van der Waals surface area contributed by atoms with Crippen LogP contribution < -0.4 is 0 Å². The first-order chi connectivity index (χ1) is 11.6. The van der Waals surface area contributed by atoms with Gasteiger partial charge >= 0.3 is 0 Å². The first kappa shape index (κ1) is 17.8. The summed E-state index contributed by atoms with van der Waals surface area (Å²) in [6, 6.07) is 4.11. The van der Waals surface area contributed by atoms with Crippen LogP contribution in [0.5, 0.6) is 0 Å². The SMILES string of the molecule is CN(C)Cc1ccc(CSCCN2C[C@]3(CCOC3)CCC2=O)o1. The molecular formula is C18H28N2O3S. The molecule has 1 spiro atoms. The van der Waals surface area contributed by atoms with Gasteiger partial charge in [0.2, 0.25) is 5.91 Å². The van der Waals surface area contributed by atoms with Crippen LogP contribution in [0.4, 0.5) is 0 Å². The molecule has 2 aliphatic heterocycles. The predicted octanol–water partition coefficient (Wildman–Crippen LogP) is 2.60. The molecule has 3 rings (SSSR count). The molecule has 0 bridgehead atoms. The molecule has 2 aliphatic rings. The number of carbonyl (C=O) groups is 1. The lowest BCUT2D eigenvalue weighted by Gasteiger charge is -2.39. The van der Waals surface area contributed by atoms with E-state index < -0.39 is 0 Å². The van der Waals surface area contributed by atoms with Gasteiger partial charge in [-0.1, -0.05) is 0 Å². The van der Waals surface area contributed by atoms with Gasteiger partial charge in [0.1, 0.15) is 11.5 Å². The number of thioether (sulfide) groups is 1. The Balaban J connectivity index is 1.40. The number of ether oxygens (including phenoxy) is 1. The highest BCUT2D eigenvalue weighted by Gasteiger charge is 2.41. The lowest BCUT2D eigenvalue weighted by Crippen LogP contribution is -2.47. The molecule has 24 heavy (non-hydrogen) atoms. The molecule has 1 amide bonds. The molecule has 1 atom stereocenters. The summed E-state index contributed by atoms with van der Waals surface area (Å²) in [4.78, 5) is 16.3. The van der Waals surface area contributed by atoms with Crippen LogP contribution in [0, 0.1) is 5.41 Å². The Morgan fingerprint density at radius 2 is 2.12 bits per heavy atom. The molecule has 0 aliphatic carbocycles. The second-order valence-electron chi connectivity index (χ2n) is 7.28. The minimum Gasteiger partial charge on any atom is -0.464 e. The largest absolute Gasteiger partial charge is 0.464 e. The average molecular weight is 353 g/mol. The first-order valence-electron chi connectivity index (χ1n) is 8.72. The molecule has 0 aromatic carbocycles. The fourth-order valence-electron chi connectivity index (χ4n) is 3.52. The topological polar surface area (TPSA) is 45.9 Å². The van der Waals surface area contributed by atoms with E-state index in [1.165, 1.54) is 0 Å². The zero-order valence-electron chi connectivity index (χ0n) is 14.8. The Kier molecular flexibility index (Phi) is 5.89. The van der Waals surface area contributed by atoms with Gasteiger partial charge in [-0.2, -0.15) is 11.8 Å². The number of furan rings is 1. The van der Waals surface area contributed by atoms with Crippen LogP contribution in [-0.4, -0.2) is 61.9 Å². The summed E-state index contributed by atoms with van der Waals surface area (Å²) in [7, 11) is 4.07. The van der Waals surface area contributed by atoms with Crippen molar-refractivity contribution in [3.05, 3.63) is 23.7 Å². The molecule has 1 aromatic heterocycles. The van der Waals surface area contributed by atoms with Gasteiger partial charge in [-0.25, -0.2) is 0 Å². The summed E-state index contributed by atoms with van der Waals surface area (Å²) in [6.07, 6.45) is 2.78. The Bertz CT molecular complexity index is 552. The predicted molar refractivity (Wildman–Crippen MR) is 95.9 cm³/mol. The molecule has 5 nitrogen and oxygen atoms in total.